The first-order valence-corrected chi connectivity index (χ1v) is 7.03. The smallest absolute Gasteiger partial charge is 0.316 e. The van der Waals surface area contributed by atoms with E-state index < -0.39 is 5.91 Å². The number of nitrogens with one attached hydrogen (secondary N) is 1. The van der Waals surface area contributed by atoms with Gasteiger partial charge in [-0.05, 0) is 19.9 Å². The molecule has 0 aliphatic rings. The summed E-state index contributed by atoms with van der Waals surface area (Å²) in [6, 6.07) is 1.93. The third kappa shape index (κ3) is 2.90. The monoisotopic (exact) mass is 316 g/mol. The molecular weight excluding hydrogens is 300 g/mol. The Morgan fingerprint density at radius 3 is 3.00 bits per heavy atom. The molecule has 9 heteroatoms. The molecule has 1 N–H and O–H groups in total. The molecule has 3 aromatic rings. The van der Waals surface area contributed by atoms with Gasteiger partial charge in [0.2, 0.25) is 5.82 Å². The zero-order valence-electron chi connectivity index (χ0n) is 13.0. The number of ether oxygens (including phenoxy) is 1. The summed E-state index contributed by atoms with van der Waals surface area (Å²) in [6.07, 6.45) is 1.60. The van der Waals surface area contributed by atoms with Gasteiger partial charge in [0.1, 0.15) is 0 Å². The van der Waals surface area contributed by atoms with Gasteiger partial charge in [0.25, 0.3) is 0 Å². The standard InChI is InChI=1S/C14H16N6O3/c1-8-6-9(2)20-12(17-8)10(7-16-20)11-18-14(23-19-11)13(21)15-4-5-22-3/h6-7H,4-5H2,1-3H3,(H,15,21). The van der Waals surface area contributed by atoms with Crippen LogP contribution in [-0.2, 0) is 4.74 Å². The zero-order chi connectivity index (χ0) is 16.4. The second kappa shape index (κ2) is 6.13. The molecule has 0 saturated carbocycles. The van der Waals surface area contributed by atoms with Crippen molar-refractivity contribution >= 4 is 11.6 Å². The Hall–Kier alpha value is -2.81. The molecule has 0 unspecified atom stereocenters. The maximum absolute atomic E-state index is 11.9. The fourth-order valence-corrected chi connectivity index (χ4v) is 2.20. The number of hydrogen-bond donors (Lipinski definition) is 1. The van der Waals surface area contributed by atoms with E-state index in [0.717, 1.165) is 11.4 Å². The number of nitrogens with zero attached hydrogens (tertiary/aromatic N) is 5. The van der Waals surface area contributed by atoms with Crippen LogP contribution in [0, 0.1) is 13.8 Å². The van der Waals surface area contributed by atoms with E-state index >= 15 is 0 Å². The van der Waals surface area contributed by atoms with E-state index in [1.54, 1.807) is 17.8 Å². The number of carbonyl (C=O) groups excluding carboxylic acids is 1. The fraction of sp³-hybridized carbons (Fsp3) is 0.357. The molecule has 0 radical (unpaired) electrons. The molecule has 23 heavy (non-hydrogen) atoms. The quantitative estimate of drug-likeness (QED) is 0.693. The predicted octanol–water partition coefficient (Wildman–Crippen LogP) is 0.772. The van der Waals surface area contributed by atoms with Gasteiger partial charge >= 0.3 is 11.8 Å². The summed E-state index contributed by atoms with van der Waals surface area (Å²) in [7, 11) is 1.55. The first kappa shape index (κ1) is 15.1. The van der Waals surface area contributed by atoms with E-state index in [4.69, 9.17) is 9.26 Å². The van der Waals surface area contributed by atoms with E-state index in [1.165, 1.54) is 0 Å². The lowest BCUT2D eigenvalue weighted by Crippen LogP contribution is -2.27. The van der Waals surface area contributed by atoms with Crippen LogP contribution in [0.25, 0.3) is 17.0 Å². The Kier molecular flexibility index (Phi) is 4.02. The average Bonchev–Trinajstić information content (AvgIpc) is 3.13. The van der Waals surface area contributed by atoms with Gasteiger partial charge in [0.05, 0.1) is 18.4 Å². The summed E-state index contributed by atoms with van der Waals surface area (Å²) in [4.78, 5) is 20.4. The number of rotatable bonds is 5. The Balaban J connectivity index is 1.90. The highest BCUT2D eigenvalue weighted by molar-refractivity contribution is 5.90. The van der Waals surface area contributed by atoms with Crippen LogP contribution in [0.1, 0.15) is 22.1 Å². The minimum absolute atomic E-state index is 0.111. The summed E-state index contributed by atoms with van der Waals surface area (Å²) in [5.41, 5.74) is 3.03. The Bertz CT molecular complexity index is 853. The molecule has 0 saturated heterocycles. The summed E-state index contributed by atoms with van der Waals surface area (Å²) >= 11 is 0. The molecule has 0 atom stereocenters. The van der Waals surface area contributed by atoms with Gasteiger partial charge < -0.3 is 14.6 Å². The number of fused-ring (bicyclic) bond motifs is 1. The second-order valence-corrected chi connectivity index (χ2v) is 5.00. The maximum Gasteiger partial charge on any atom is 0.316 e. The van der Waals surface area contributed by atoms with Gasteiger partial charge in [-0.1, -0.05) is 5.16 Å². The third-order valence-corrected chi connectivity index (χ3v) is 3.23. The van der Waals surface area contributed by atoms with Gasteiger partial charge in [-0.15, -0.1) is 0 Å². The van der Waals surface area contributed by atoms with Crippen LogP contribution in [0.2, 0.25) is 0 Å². The van der Waals surface area contributed by atoms with Gasteiger partial charge in [-0.2, -0.15) is 10.1 Å². The highest BCUT2D eigenvalue weighted by Gasteiger charge is 2.19. The molecule has 0 aliphatic heterocycles. The molecule has 0 spiro atoms. The highest BCUT2D eigenvalue weighted by Crippen LogP contribution is 2.21. The van der Waals surface area contributed by atoms with E-state index in [9.17, 15) is 4.79 Å². The van der Waals surface area contributed by atoms with Crippen molar-refractivity contribution in [2.24, 2.45) is 0 Å². The Morgan fingerprint density at radius 2 is 2.22 bits per heavy atom. The number of aromatic nitrogens is 5. The summed E-state index contributed by atoms with van der Waals surface area (Å²) in [6.45, 7) is 4.60. The number of amides is 1. The van der Waals surface area contributed by atoms with E-state index in [2.05, 4.69) is 25.5 Å². The summed E-state index contributed by atoms with van der Waals surface area (Å²) < 4.78 is 11.6. The van der Waals surface area contributed by atoms with E-state index in [1.807, 2.05) is 19.9 Å². The van der Waals surface area contributed by atoms with Crippen LogP contribution < -0.4 is 5.32 Å². The number of hydrogen-bond acceptors (Lipinski definition) is 7. The molecule has 120 valence electrons. The minimum Gasteiger partial charge on any atom is -0.383 e. The summed E-state index contributed by atoms with van der Waals surface area (Å²) in [5.74, 6) is -0.285. The van der Waals surface area contributed by atoms with Crippen molar-refractivity contribution in [2.75, 3.05) is 20.3 Å². The summed E-state index contributed by atoms with van der Waals surface area (Å²) in [5, 5.41) is 10.7. The number of carbonyl (C=O) groups is 1. The second-order valence-electron chi connectivity index (χ2n) is 5.00. The molecule has 3 rings (SSSR count). The van der Waals surface area contributed by atoms with Crippen molar-refractivity contribution in [3.63, 3.8) is 0 Å². The van der Waals surface area contributed by atoms with Crippen LogP contribution in [0.4, 0.5) is 0 Å². The van der Waals surface area contributed by atoms with Crippen LogP contribution in [0.5, 0.6) is 0 Å². The number of methoxy groups -OCH3 is 1. The van der Waals surface area contributed by atoms with Crippen LogP contribution in [0.3, 0.4) is 0 Å². The predicted molar refractivity (Wildman–Crippen MR) is 80.0 cm³/mol. The van der Waals surface area contributed by atoms with Crippen LogP contribution in [0.15, 0.2) is 16.8 Å². The van der Waals surface area contributed by atoms with Crippen molar-refractivity contribution < 1.29 is 14.1 Å². The molecule has 3 aromatic heterocycles. The SMILES string of the molecule is COCCNC(=O)c1nc(-c2cnn3c(C)cc(C)nc23)no1. The molecule has 0 aromatic carbocycles. The lowest BCUT2D eigenvalue weighted by Gasteiger charge is -2.00. The fourth-order valence-electron chi connectivity index (χ4n) is 2.20. The Labute approximate surface area is 131 Å². The maximum atomic E-state index is 11.9. The molecule has 0 fully saturated rings. The zero-order valence-corrected chi connectivity index (χ0v) is 13.0. The molecule has 1 amide bonds. The topological polar surface area (TPSA) is 107 Å². The van der Waals surface area contributed by atoms with E-state index in [-0.39, 0.29) is 11.7 Å². The van der Waals surface area contributed by atoms with Crippen molar-refractivity contribution in [3.8, 4) is 11.4 Å². The average molecular weight is 316 g/mol. The number of aryl methyl sites for hydroxylation is 2. The molecule has 0 bridgehead atoms. The molecule has 3 heterocycles. The van der Waals surface area contributed by atoms with Crippen molar-refractivity contribution in [1.29, 1.82) is 0 Å². The first-order valence-electron chi connectivity index (χ1n) is 7.03. The lowest BCUT2D eigenvalue weighted by molar-refractivity contribution is 0.0893. The van der Waals surface area contributed by atoms with Crippen molar-refractivity contribution in [3.05, 3.63) is 29.5 Å². The van der Waals surface area contributed by atoms with Gasteiger partial charge in [-0.3, -0.25) is 4.79 Å². The first-order chi connectivity index (χ1) is 11.1. The van der Waals surface area contributed by atoms with Crippen LogP contribution in [-0.4, -0.2) is 50.9 Å². The van der Waals surface area contributed by atoms with Crippen LogP contribution >= 0.6 is 0 Å². The lowest BCUT2D eigenvalue weighted by atomic mass is 10.3. The third-order valence-electron chi connectivity index (χ3n) is 3.23. The highest BCUT2D eigenvalue weighted by atomic mass is 16.5. The van der Waals surface area contributed by atoms with Gasteiger partial charge in [0, 0.05) is 25.0 Å². The van der Waals surface area contributed by atoms with Gasteiger partial charge in [0.15, 0.2) is 5.65 Å². The minimum atomic E-state index is -0.447. The Morgan fingerprint density at radius 1 is 1.39 bits per heavy atom. The largest absolute Gasteiger partial charge is 0.383 e. The molecular formula is C14H16N6O3. The molecule has 9 nitrogen and oxygen atoms in total. The van der Waals surface area contributed by atoms with Crippen molar-refractivity contribution in [1.82, 2.24) is 30.1 Å². The van der Waals surface area contributed by atoms with E-state index in [0.29, 0.717) is 24.4 Å². The normalized spacial score (nSPS) is 11.1. The van der Waals surface area contributed by atoms with Crippen molar-refractivity contribution in [2.45, 2.75) is 13.8 Å². The van der Waals surface area contributed by atoms with Gasteiger partial charge in [-0.25, -0.2) is 9.50 Å². The molecule has 0 aliphatic carbocycles.